The van der Waals surface area contributed by atoms with Gasteiger partial charge in [0.2, 0.25) is 0 Å². The van der Waals surface area contributed by atoms with Crippen molar-refractivity contribution in [2.24, 2.45) is 0 Å². The second kappa shape index (κ2) is 2.69. The SMILES string of the molecule is CCc1c(Cl)c2c(Cl)c(c1Cl)O2. The van der Waals surface area contributed by atoms with Crippen molar-refractivity contribution in [2.45, 2.75) is 13.3 Å². The lowest BCUT2D eigenvalue weighted by Gasteiger charge is -2.25. The molecule has 4 heteroatoms. The summed E-state index contributed by atoms with van der Waals surface area (Å²) in [6.45, 7) is 1.99. The molecule has 1 aromatic rings. The lowest BCUT2D eigenvalue weighted by Crippen LogP contribution is -2.03. The van der Waals surface area contributed by atoms with Crippen molar-refractivity contribution in [1.29, 1.82) is 0 Å². The number of fused-ring (bicyclic) bond motifs is 2. The van der Waals surface area contributed by atoms with E-state index in [2.05, 4.69) is 0 Å². The molecule has 0 amide bonds. The van der Waals surface area contributed by atoms with Crippen molar-refractivity contribution in [2.75, 3.05) is 0 Å². The Labute approximate surface area is 85.2 Å². The van der Waals surface area contributed by atoms with E-state index in [4.69, 9.17) is 39.5 Å². The van der Waals surface area contributed by atoms with E-state index in [1.54, 1.807) is 0 Å². The fourth-order valence-electron chi connectivity index (χ4n) is 1.21. The van der Waals surface area contributed by atoms with Gasteiger partial charge in [-0.3, -0.25) is 0 Å². The summed E-state index contributed by atoms with van der Waals surface area (Å²) in [6.07, 6.45) is 0.790. The van der Waals surface area contributed by atoms with Gasteiger partial charge in [0.25, 0.3) is 0 Å². The van der Waals surface area contributed by atoms with Crippen LogP contribution in [0.2, 0.25) is 15.1 Å². The summed E-state index contributed by atoms with van der Waals surface area (Å²) in [4.78, 5) is 0. The van der Waals surface area contributed by atoms with E-state index in [1.165, 1.54) is 0 Å². The molecular formula is C8H5Cl3O. The van der Waals surface area contributed by atoms with Gasteiger partial charge in [-0.05, 0) is 12.0 Å². The smallest absolute Gasteiger partial charge is 0.168 e. The fraction of sp³-hybridized carbons (Fsp3) is 0.250. The van der Waals surface area contributed by atoms with Crippen molar-refractivity contribution < 1.29 is 4.74 Å². The van der Waals surface area contributed by atoms with Crippen LogP contribution in [0.5, 0.6) is 11.5 Å². The number of halogens is 3. The van der Waals surface area contributed by atoms with Crippen molar-refractivity contribution in [3.8, 4) is 11.5 Å². The second-order valence-corrected chi connectivity index (χ2v) is 3.67. The quantitative estimate of drug-likeness (QED) is 0.700. The van der Waals surface area contributed by atoms with Crippen LogP contribution in [0.15, 0.2) is 0 Å². The third-order valence-electron chi connectivity index (χ3n) is 1.88. The molecule has 0 saturated heterocycles. The van der Waals surface area contributed by atoms with E-state index in [0.29, 0.717) is 26.6 Å². The lowest BCUT2D eigenvalue weighted by molar-refractivity contribution is 0.438. The topological polar surface area (TPSA) is 9.23 Å². The molecule has 1 aromatic carbocycles. The maximum Gasteiger partial charge on any atom is 0.168 e. The van der Waals surface area contributed by atoms with Gasteiger partial charge in [0.1, 0.15) is 5.02 Å². The maximum absolute atomic E-state index is 5.95. The molecule has 0 aromatic heterocycles. The Morgan fingerprint density at radius 2 is 1.50 bits per heavy atom. The Kier molecular flexibility index (Phi) is 1.90. The average molecular weight is 223 g/mol. The Hall–Kier alpha value is -0.110. The van der Waals surface area contributed by atoms with Crippen molar-refractivity contribution >= 4 is 34.8 Å². The highest BCUT2D eigenvalue weighted by molar-refractivity contribution is 6.44. The van der Waals surface area contributed by atoms with Gasteiger partial charge >= 0.3 is 0 Å². The molecule has 2 heterocycles. The van der Waals surface area contributed by atoms with Crippen molar-refractivity contribution in [3.63, 3.8) is 0 Å². The Balaban J connectivity index is 2.72. The molecule has 0 spiro atoms. The summed E-state index contributed by atoms with van der Waals surface area (Å²) in [6, 6.07) is 0. The molecule has 0 atom stereocenters. The van der Waals surface area contributed by atoms with E-state index in [1.807, 2.05) is 6.92 Å². The zero-order chi connectivity index (χ0) is 8.88. The zero-order valence-corrected chi connectivity index (χ0v) is 8.52. The summed E-state index contributed by atoms with van der Waals surface area (Å²) in [5.74, 6) is 1.13. The molecule has 0 saturated carbocycles. The standard InChI is InChI=1S/C8H5Cl3O/c1-2-3-4(9)7-6(11)8(12-7)5(3)10/h2H2,1H3. The van der Waals surface area contributed by atoms with Gasteiger partial charge in [-0.25, -0.2) is 0 Å². The molecule has 0 fully saturated rings. The van der Waals surface area contributed by atoms with Crippen LogP contribution < -0.4 is 4.74 Å². The zero-order valence-electron chi connectivity index (χ0n) is 6.25. The van der Waals surface area contributed by atoms with Gasteiger partial charge in [0.15, 0.2) is 11.5 Å². The molecule has 2 aliphatic rings. The van der Waals surface area contributed by atoms with E-state index in [-0.39, 0.29) is 0 Å². The van der Waals surface area contributed by atoms with E-state index in [0.717, 1.165) is 12.0 Å². The van der Waals surface area contributed by atoms with Crippen LogP contribution in [-0.2, 0) is 6.42 Å². The van der Waals surface area contributed by atoms with Gasteiger partial charge in [0, 0.05) is 0 Å². The number of hydrogen-bond donors (Lipinski definition) is 0. The van der Waals surface area contributed by atoms with Crippen LogP contribution in [0, 0.1) is 0 Å². The van der Waals surface area contributed by atoms with Gasteiger partial charge < -0.3 is 4.74 Å². The molecule has 12 heavy (non-hydrogen) atoms. The highest BCUT2D eigenvalue weighted by Gasteiger charge is 2.31. The Morgan fingerprint density at radius 3 is 1.83 bits per heavy atom. The minimum Gasteiger partial charge on any atom is -0.451 e. The molecule has 2 aliphatic heterocycles. The van der Waals surface area contributed by atoms with Crippen LogP contribution in [0.25, 0.3) is 0 Å². The molecule has 0 aliphatic carbocycles. The van der Waals surface area contributed by atoms with E-state index < -0.39 is 0 Å². The molecule has 3 rings (SSSR count). The molecule has 64 valence electrons. The van der Waals surface area contributed by atoms with Gasteiger partial charge in [-0.2, -0.15) is 0 Å². The lowest BCUT2D eigenvalue weighted by atomic mass is 10.1. The van der Waals surface area contributed by atoms with Gasteiger partial charge in [0.05, 0.1) is 10.0 Å². The van der Waals surface area contributed by atoms with Crippen LogP contribution in [0.1, 0.15) is 12.5 Å². The first-order chi connectivity index (χ1) is 5.66. The predicted molar refractivity (Wildman–Crippen MR) is 50.9 cm³/mol. The third kappa shape index (κ3) is 0.875. The minimum atomic E-state index is 0.544. The van der Waals surface area contributed by atoms with Gasteiger partial charge in [-0.1, -0.05) is 41.7 Å². The maximum atomic E-state index is 5.95. The monoisotopic (exact) mass is 222 g/mol. The molecule has 0 unspecified atom stereocenters. The van der Waals surface area contributed by atoms with E-state index in [9.17, 15) is 0 Å². The predicted octanol–water partition coefficient (Wildman–Crippen LogP) is 4.31. The van der Waals surface area contributed by atoms with Crippen molar-refractivity contribution in [1.82, 2.24) is 0 Å². The van der Waals surface area contributed by atoms with Crippen LogP contribution >= 0.6 is 34.8 Å². The van der Waals surface area contributed by atoms with Crippen LogP contribution in [-0.4, -0.2) is 0 Å². The summed E-state index contributed by atoms with van der Waals surface area (Å²) in [5, 5.41) is 1.63. The Morgan fingerprint density at radius 1 is 1.00 bits per heavy atom. The minimum absolute atomic E-state index is 0.544. The number of rotatable bonds is 1. The normalized spacial score (nSPS) is 12.3. The third-order valence-corrected chi connectivity index (χ3v) is 3.03. The van der Waals surface area contributed by atoms with Crippen LogP contribution in [0.4, 0.5) is 0 Å². The summed E-state index contributed by atoms with van der Waals surface area (Å²) in [7, 11) is 0. The molecule has 0 radical (unpaired) electrons. The van der Waals surface area contributed by atoms with Crippen LogP contribution in [0.3, 0.4) is 0 Å². The second-order valence-electron chi connectivity index (χ2n) is 2.53. The highest BCUT2D eigenvalue weighted by Crippen LogP contribution is 2.57. The summed E-state index contributed by atoms with van der Waals surface area (Å²) < 4.78 is 5.15. The van der Waals surface area contributed by atoms with Gasteiger partial charge in [-0.15, -0.1) is 0 Å². The summed E-state index contributed by atoms with van der Waals surface area (Å²) >= 11 is 17.7. The molecule has 2 bridgehead atoms. The van der Waals surface area contributed by atoms with Crippen molar-refractivity contribution in [3.05, 3.63) is 20.6 Å². The number of hydrogen-bond acceptors (Lipinski definition) is 1. The molecule has 1 nitrogen and oxygen atoms in total. The van der Waals surface area contributed by atoms with E-state index >= 15 is 0 Å². The first-order valence-electron chi connectivity index (χ1n) is 3.54. The Bertz CT molecular complexity index is 331. The molecule has 0 N–H and O–H groups in total. The first-order valence-corrected chi connectivity index (χ1v) is 4.67. The molecular weight excluding hydrogens is 218 g/mol. The largest absolute Gasteiger partial charge is 0.451 e. The average Bonchev–Trinajstić information content (AvgIpc) is 2.02. The first kappa shape index (κ1) is 8.49. The highest BCUT2D eigenvalue weighted by atomic mass is 35.5. The number of benzene rings is 1. The fourth-order valence-corrected chi connectivity index (χ4v) is 2.35. The number of ether oxygens (including phenoxy) is 1. The summed E-state index contributed by atoms with van der Waals surface area (Å²) in [5.41, 5.74) is 0.916.